The van der Waals surface area contributed by atoms with E-state index >= 15 is 0 Å². The zero-order chi connectivity index (χ0) is 30.9. The van der Waals surface area contributed by atoms with E-state index in [0.29, 0.717) is 50.5 Å². The van der Waals surface area contributed by atoms with Crippen LogP contribution in [-0.4, -0.2) is 101 Å². The normalized spacial score (nSPS) is 24.0. The number of fused-ring (bicyclic) bond motifs is 1. The van der Waals surface area contributed by atoms with Gasteiger partial charge in [0.2, 0.25) is 0 Å². The van der Waals surface area contributed by atoms with E-state index in [2.05, 4.69) is 17.6 Å². The van der Waals surface area contributed by atoms with Crippen molar-refractivity contribution >= 4 is 11.5 Å². The maximum Gasteiger partial charge on any atom is 0.421 e. The molecule has 43 heavy (non-hydrogen) atoms. The van der Waals surface area contributed by atoms with Crippen LogP contribution in [0.4, 0.5) is 29.1 Å². The number of likely N-dealkylation sites (N-methyl/N-ethyl adjacent to an activating group) is 1. The lowest BCUT2D eigenvalue weighted by Gasteiger charge is -2.43. The molecule has 0 saturated carbocycles. The van der Waals surface area contributed by atoms with Crippen molar-refractivity contribution in [2.45, 2.75) is 56.4 Å². The number of piperazine rings is 1. The average Bonchev–Trinajstić information content (AvgIpc) is 3.30. The van der Waals surface area contributed by atoms with E-state index in [1.807, 2.05) is 16.8 Å². The van der Waals surface area contributed by atoms with E-state index < -0.39 is 29.9 Å². The van der Waals surface area contributed by atoms with Gasteiger partial charge in [0.15, 0.2) is 0 Å². The number of nitrogens with zero attached hydrogens (tertiary/aromatic N) is 7. The number of alkyl halides is 3. The molecule has 10 nitrogen and oxygen atoms in total. The van der Waals surface area contributed by atoms with E-state index in [1.165, 1.54) is 23.1 Å². The zero-order valence-corrected chi connectivity index (χ0v) is 23.8. The molecule has 0 radical (unpaired) electrons. The number of halogens is 4. The third-order valence-corrected chi connectivity index (χ3v) is 8.41. The fourth-order valence-electron chi connectivity index (χ4n) is 6.23. The number of rotatable bonds is 8. The molecule has 2 saturated heterocycles. The molecule has 5 rings (SSSR count). The SMILES string of the molecule is C=CC(O)N1CCN(c2nc(OC[C@H]3C[C@H](O)CN3C)nc3c2CCN(c2cccc(F)c2C(F)(F)F)C3)CC1CC#N. The molecule has 2 aromatic rings. The molecule has 2 unspecified atom stereocenters. The van der Waals surface area contributed by atoms with Crippen molar-refractivity contribution in [2.75, 3.05) is 56.2 Å². The van der Waals surface area contributed by atoms with Crippen molar-refractivity contribution in [3.05, 3.63) is 53.5 Å². The summed E-state index contributed by atoms with van der Waals surface area (Å²) in [6, 6.07) is 5.14. The molecule has 2 N–H and O–H groups in total. The van der Waals surface area contributed by atoms with E-state index in [0.717, 1.165) is 11.6 Å². The number of nitriles is 1. The van der Waals surface area contributed by atoms with Gasteiger partial charge in [0.1, 0.15) is 30.0 Å². The Kier molecular flexibility index (Phi) is 9.07. The van der Waals surface area contributed by atoms with Crippen LogP contribution in [-0.2, 0) is 19.1 Å². The first-order chi connectivity index (χ1) is 20.5. The molecule has 0 amide bonds. The van der Waals surface area contributed by atoms with E-state index in [-0.39, 0.29) is 49.9 Å². The molecule has 1 aromatic heterocycles. The van der Waals surface area contributed by atoms with Crippen molar-refractivity contribution in [2.24, 2.45) is 0 Å². The maximum absolute atomic E-state index is 14.4. The standard InChI is InChI=1S/C29H35F4N7O3/c1-3-25(42)40-12-11-39(14-18(40)7-9-34)27-21-8-10-38(24-6-4-5-22(30)26(24)29(31,32)33)16-23(21)35-28(36-27)43-17-19-13-20(41)15-37(19)2/h3-6,18-20,25,41-42H,1,7-8,10-17H2,2H3/t18?,19-,20+,25?/m1/s1. The number of benzene rings is 1. The summed E-state index contributed by atoms with van der Waals surface area (Å²) in [5, 5.41) is 29.9. The van der Waals surface area contributed by atoms with Gasteiger partial charge in [-0.05, 0) is 38.1 Å². The minimum atomic E-state index is -4.88. The van der Waals surface area contributed by atoms with Gasteiger partial charge < -0.3 is 24.7 Å². The first kappa shape index (κ1) is 30.9. The molecule has 2 fully saturated rings. The van der Waals surface area contributed by atoms with Crippen LogP contribution in [0, 0.1) is 17.1 Å². The number of hydrogen-bond acceptors (Lipinski definition) is 10. The van der Waals surface area contributed by atoms with Crippen molar-refractivity contribution in [1.29, 1.82) is 5.26 Å². The Balaban J connectivity index is 1.48. The summed E-state index contributed by atoms with van der Waals surface area (Å²) in [5.74, 6) is -0.778. The lowest BCUT2D eigenvalue weighted by molar-refractivity contribution is -0.139. The number of anilines is 2. The predicted molar refractivity (Wildman–Crippen MR) is 150 cm³/mol. The van der Waals surface area contributed by atoms with Crippen molar-refractivity contribution in [3.63, 3.8) is 0 Å². The molecule has 0 bridgehead atoms. The van der Waals surface area contributed by atoms with Gasteiger partial charge in [0, 0.05) is 50.4 Å². The van der Waals surface area contributed by atoms with Crippen LogP contribution in [0.25, 0.3) is 0 Å². The quantitative estimate of drug-likeness (QED) is 0.344. The van der Waals surface area contributed by atoms with Gasteiger partial charge in [-0.1, -0.05) is 12.6 Å². The Morgan fingerprint density at radius 3 is 2.65 bits per heavy atom. The van der Waals surface area contributed by atoms with Crippen molar-refractivity contribution < 1.29 is 32.5 Å². The van der Waals surface area contributed by atoms with Crippen molar-refractivity contribution in [3.8, 4) is 12.1 Å². The Morgan fingerprint density at radius 1 is 1.19 bits per heavy atom. The van der Waals surface area contributed by atoms with E-state index in [9.17, 15) is 33.0 Å². The average molecular weight is 606 g/mol. The first-order valence-corrected chi connectivity index (χ1v) is 14.2. The highest BCUT2D eigenvalue weighted by Crippen LogP contribution is 2.40. The minimum Gasteiger partial charge on any atom is -0.462 e. The third kappa shape index (κ3) is 6.54. The number of aromatic nitrogens is 2. The number of aliphatic hydroxyl groups is 2. The highest BCUT2D eigenvalue weighted by molar-refractivity contribution is 5.59. The smallest absolute Gasteiger partial charge is 0.421 e. The first-order valence-electron chi connectivity index (χ1n) is 14.2. The lowest BCUT2D eigenvalue weighted by Crippen LogP contribution is -2.56. The number of likely N-dealkylation sites (tertiary alicyclic amines) is 1. The summed E-state index contributed by atoms with van der Waals surface area (Å²) >= 11 is 0. The molecule has 0 spiro atoms. The predicted octanol–water partition coefficient (Wildman–Crippen LogP) is 2.55. The molecule has 3 aliphatic heterocycles. The van der Waals surface area contributed by atoms with E-state index in [1.54, 1.807) is 4.90 Å². The fraction of sp³-hybridized carbons (Fsp3) is 0.552. The summed E-state index contributed by atoms with van der Waals surface area (Å²) < 4.78 is 62.0. The minimum absolute atomic E-state index is 0.0213. The fourth-order valence-corrected chi connectivity index (χ4v) is 6.23. The van der Waals surface area contributed by atoms with Crippen LogP contribution in [0.2, 0.25) is 0 Å². The molecule has 3 aliphatic rings. The summed E-state index contributed by atoms with van der Waals surface area (Å²) in [4.78, 5) is 16.6. The van der Waals surface area contributed by atoms with Gasteiger partial charge in [0.05, 0.1) is 36.5 Å². The highest BCUT2D eigenvalue weighted by Gasteiger charge is 2.40. The van der Waals surface area contributed by atoms with Gasteiger partial charge in [-0.3, -0.25) is 9.80 Å². The van der Waals surface area contributed by atoms with Crippen LogP contribution in [0.15, 0.2) is 30.9 Å². The number of aliphatic hydroxyl groups excluding tert-OH is 2. The number of hydrogen-bond donors (Lipinski definition) is 2. The van der Waals surface area contributed by atoms with E-state index in [4.69, 9.17) is 9.72 Å². The molecule has 1 aromatic carbocycles. The molecule has 14 heteroatoms. The molecule has 4 atom stereocenters. The maximum atomic E-state index is 14.4. The lowest BCUT2D eigenvalue weighted by atomic mass is 10.0. The summed E-state index contributed by atoms with van der Waals surface area (Å²) in [6.45, 7) is 5.77. The Morgan fingerprint density at radius 2 is 1.98 bits per heavy atom. The second-order valence-electron chi connectivity index (χ2n) is 11.2. The van der Waals surface area contributed by atoms with Gasteiger partial charge >= 0.3 is 12.2 Å². The van der Waals surface area contributed by atoms with Gasteiger partial charge in [0.25, 0.3) is 0 Å². The molecular formula is C29H35F4N7O3. The molecule has 4 heterocycles. The van der Waals surface area contributed by atoms with Gasteiger partial charge in [-0.25, -0.2) is 4.39 Å². The molecular weight excluding hydrogens is 570 g/mol. The topological polar surface area (TPSA) is 112 Å². The monoisotopic (exact) mass is 605 g/mol. The number of ether oxygens (including phenoxy) is 1. The third-order valence-electron chi connectivity index (χ3n) is 8.41. The van der Waals surface area contributed by atoms with Crippen LogP contribution < -0.4 is 14.5 Å². The van der Waals surface area contributed by atoms with Crippen molar-refractivity contribution in [1.82, 2.24) is 19.8 Å². The Labute approximate surface area is 247 Å². The zero-order valence-electron chi connectivity index (χ0n) is 23.8. The van der Waals surface area contributed by atoms with Crippen LogP contribution >= 0.6 is 0 Å². The molecule has 0 aliphatic carbocycles. The molecule has 232 valence electrons. The second kappa shape index (κ2) is 12.6. The highest BCUT2D eigenvalue weighted by atomic mass is 19.4. The second-order valence-corrected chi connectivity index (χ2v) is 11.2. The van der Waals surface area contributed by atoms with Gasteiger partial charge in [-0.15, -0.1) is 0 Å². The van der Waals surface area contributed by atoms with Gasteiger partial charge in [-0.2, -0.15) is 28.4 Å². The van der Waals surface area contributed by atoms with Crippen LogP contribution in [0.3, 0.4) is 0 Å². The Hall–Kier alpha value is -3.51. The summed E-state index contributed by atoms with van der Waals surface area (Å²) in [6.07, 6.45) is -3.89. The van der Waals surface area contributed by atoms with Crippen LogP contribution in [0.1, 0.15) is 29.7 Å². The summed E-state index contributed by atoms with van der Waals surface area (Å²) in [7, 11) is 1.88. The Bertz CT molecular complexity index is 1370. The largest absolute Gasteiger partial charge is 0.462 e. The summed E-state index contributed by atoms with van der Waals surface area (Å²) in [5.41, 5.74) is -0.365. The number of β-amino-alcohol motifs (C(OH)–C–C–N with tert-alkyl or cyclic N) is 1. The van der Waals surface area contributed by atoms with Crippen LogP contribution in [0.5, 0.6) is 6.01 Å².